The van der Waals surface area contributed by atoms with Gasteiger partial charge in [-0.2, -0.15) is 0 Å². The van der Waals surface area contributed by atoms with Gasteiger partial charge in [-0.3, -0.25) is 10.2 Å². The fourth-order valence-corrected chi connectivity index (χ4v) is 6.05. The van der Waals surface area contributed by atoms with Gasteiger partial charge in [0, 0.05) is 0 Å². The van der Waals surface area contributed by atoms with E-state index >= 15 is 0 Å². The SMILES string of the molecule is COC(=O)Nc1nc2ccc(S(=O)(=O)N(C[C@H](O)[C@H](Cc3ccccc3)NC(=O)OC(C)(C)C)OC3CCCC3)cc2[nH]1. The predicted molar refractivity (Wildman–Crippen MR) is 159 cm³/mol. The number of anilines is 1. The van der Waals surface area contributed by atoms with Gasteiger partial charge in [-0.25, -0.2) is 23.0 Å². The number of benzene rings is 2. The number of H-pyrrole nitrogens is 1. The van der Waals surface area contributed by atoms with Crippen molar-refractivity contribution in [2.24, 2.45) is 0 Å². The van der Waals surface area contributed by atoms with Crippen molar-refractivity contribution in [1.82, 2.24) is 19.8 Å². The quantitative estimate of drug-likeness (QED) is 0.231. The maximum Gasteiger partial charge on any atom is 0.413 e. The lowest BCUT2D eigenvalue weighted by Crippen LogP contribution is -2.51. The van der Waals surface area contributed by atoms with Gasteiger partial charge in [0.1, 0.15) is 5.60 Å². The predicted octanol–water partition coefficient (Wildman–Crippen LogP) is 4.10. The van der Waals surface area contributed by atoms with E-state index in [0.717, 1.165) is 22.9 Å². The van der Waals surface area contributed by atoms with Gasteiger partial charge in [0.05, 0.1) is 47.8 Å². The summed E-state index contributed by atoms with van der Waals surface area (Å²) in [7, 11) is -3.10. The number of fused-ring (bicyclic) bond motifs is 1. The highest BCUT2D eigenvalue weighted by molar-refractivity contribution is 7.89. The van der Waals surface area contributed by atoms with Gasteiger partial charge in [0.2, 0.25) is 5.95 Å². The zero-order chi connectivity index (χ0) is 31.2. The van der Waals surface area contributed by atoms with Gasteiger partial charge < -0.3 is 24.9 Å². The topological polar surface area (TPSA) is 172 Å². The second-order valence-corrected chi connectivity index (χ2v) is 13.2. The monoisotopic (exact) mass is 617 g/mol. The zero-order valence-electron chi connectivity index (χ0n) is 24.7. The van der Waals surface area contributed by atoms with Crippen LogP contribution in [0.1, 0.15) is 52.0 Å². The molecule has 1 fully saturated rings. The van der Waals surface area contributed by atoms with Crippen LogP contribution in [-0.2, 0) is 30.8 Å². The second-order valence-electron chi connectivity index (χ2n) is 11.4. The van der Waals surface area contributed by atoms with Crippen LogP contribution < -0.4 is 10.6 Å². The number of sulfonamides is 1. The van der Waals surface area contributed by atoms with Crippen molar-refractivity contribution in [1.29, 1.82) is 0 Å². The minimum Gasteiger partial charge on any atom is -0.453 e. The number of methoxy groups -OCH3 is 1. The Balaban J connectivity index is 1.61. The van der Waals surface area contributed by atoms with Crippen LogP contribution in [0.25, 0.3) is 11.0 Å². The molecule has 4 N–H and O–H groups in total. The number of hydrogen-bond acceptors (Lipinski definition) is 9. The average molecular weight is 618 g/mol. The van der Waals surface area contributed by atoms with Crippen LogP contribution in [0.5, 0.6) is 0 Å². The van der Waals surface area contributed by atoms with E-state index in [-0.39, 0.29) is 23.4 Å². The molecule has 0 radical (unpaired) electrons. The molecular formula is C29H39N5O8S. The molecule has 0 aliphatic heterocycles. The lowest BCUT2D eigenvalue weighted by atomic mass is 10.0. The molecule has 1 aliphatic rings. The molecule has 1 aliphatic carbocycles. The van der Waals surface area contributed by atoms with Gasteiger partial charge in [0.15, 0.2) is 0 Å². The fourth-order valence-electron chi connectivity index (χ4n) is 4.72. The number of rotatable bonds is 11. The molecule has 14 heteroatoms. The minimum absolute atomic E-state index is 0.0860. The van der Waals surface area contributed by atoms with Crippen LogP contribution >= 0.6 is 0 Å². The van der Waals surface area contributed by atoms with Crippen molar-refractivity contribution in [3.8, 4) is 0 Å². The highest BCUT2D eigenvalue weighted by atomic mass is 32.2. The minimum atomic E-state index is -4.31. The summed E-state index contributed by atoms with van der Waals surface area (Å²) in [6.45, 7) is 4.72. The third-order valence-corrected chi connectivity index (χ3v) is 8.42. The molecule has 2 atom stereocenters. The standard InChI is InChI=1S/C29H39N5O8S/c1-29(2,3)41-28(37)32-24(16-19-10-6-5-7-11-19)25(35)18-34(42-20-12-8-9-13-20)43(38,39)21-14-15-22-23(17-21)31-26(30-22)33-27(36)40-4/h5-7,10-11,14-15,17,20,24-25,35H,8-9,12-13,16,18H2,1-4H3,(H,32,37)(H2,30,31,33,36)/t24-,25-/m0/s1. The molecule has 13 nitrogen and oxygen atoms in total. The Kier molecular flexibility index (Phi) is 10.3. The summed E-state index contributed by atoms with van der Waals surface area (Å²) in [4.78, 5) is 37.3. The number of nitrogens with one attached hydrogen (secondary N) is 3. The molecular weight excluding hydrogens is 578 g/mol. The van der Waals surface area contributed by atoms with Crippen molar-refractivity contribution < 1.29 is 37.4 Å². The largest absolute Gasteiger partial charge is 0.453 e. The molecule has 1 aromatic heterocycles. The number of nitrogens with zero attached hydrogens (tertiary/aromatic N) is 2. The Morgan fingerprint density at radius 2 is 1.81 bits per heavy atom. The van der Waals surface area contributed by atoms with Crippen LogP contribution in [0.4, 0.5) is 15.5 Å². The summed E-state index contributed by atoms with van der Waals surface area (Å²) in [6, 6.07) is 12.6. The van der Waals surface area contributed by atoms with Gasteiger partial charge in [-0.15, -0.1) is 0 Å². The van der Waals surface area contributed by atoms with Crippen LogP contribution in [0.2, 0.25) is 0 Å². The molecule has 234 valence electrons. The number of aromatic nitrogens is 2. The molecule has 1 heterocycles. The smallest absolute Gasteiger partial charge is 0.413 e. The average Bonchev–Trinajstić information content (AvgIpc) is 3.60. The molecule has 3 aromatic rings. The van der Waals surface area contributed by atoms with Crippen molar-refractivity contribution in [2.45, 2.75) is 81.6 Å². The maximum absolute atomic E-state index is 14.0. The second kappa shape index (κ2) is 13.7. The Bertz CT molecular complexity index is 1500. The van der Waals surface area contributed by atoms with Gasteiger partial charge >= 0.3 is 12.2 Å². The number of carbonyl (C=O) groups excluding carboxylic acids is 2. The number of imidazole rings is 1. The van der Waals surface area contributed by atoms with Gasteiger partial charge in [-0.1, -0.05) is 47.6 Å². The van der Waals surface area contributed by atoms with Crippen molar-refractivity contribution >= 4 is 39.2 Å². The lowest BCUT2D eigenvalue weighted by Gasteiger charge is -2.31. The van der Waals surface area contributed by atoms with E-state index in [2.05, 4.69) is 25.3 Å². The number of aliphatic hydroxyl groups excluding tert-OH is 1. The van der Waals surface area contributed by atoms with Crippen molar-refractivity contribution in [3.63, 3.8) is 0 Å². The third-order valence-electron chi connectivity index (χ3n) is 6.80. The van der Waals surface area contributed by atoms with Crippen molar-refractivity contribution in [2.75, 3.05) is 19.0 Å². The first-order chi connectivity index (χ1) is 20.3. The van der Waals surface area contributed by atoms with Gasteiger partial charge in [0.25, 0.3) is 10.0 Å². The number of ether oxygens (including phenoxy) is 2. The molecule has 0 unspecified atom stereocenters. The number of aromatic amines is 1. The first-order valence-electron chi connectivity index (χ1n) is 14.1. The van der Waals surface area contributed by atoms with Gasteiger partial charge in [-0.05, 0) is 63.8 Å². The summed E-state index contributed by atoms with van der Waals surface area (Å²) in [5.74, 6) is 0.0860. The third kappa shape index (κ3) is 8.89. The highest BCUT2D eigenvalue weighted by Gasteiger charge is 2.35. The van der Waals surface area contributed by atoms with Crippen LogP contribution in [-0.4, -0.2) is 77.7 Å². The number of hydrogen-bond donors (Lipinski definition) is 4. The van der Waals surface area contributed by atoms with Crippen molar-refractivity contribution in [3.05, 3.63) is 54.1 Å². The summed E-state index contributed by atoms with van der Waals surface area (Å²) in [5, 5.41) is 16.6. The molecule has 1 saturated carbocycles. The van der Waals surface area contributed by atoms with E-state index in [1.807, 2.05) is 30.3 Å². The number of hydroxylamine groups is 1. The van der Waals surface area contributed by atoms with E-state index in [4.69, 9.17) is 9.57 Å². The summed E-state index contributed by atoms with van der Waals surface area (Å²) >= 11 is 0. The first kappa shape index (κ1) is 32.2. The zero-order valence-corrected chi connectivity index (χ0v) is 25.5. The molecule has 0 bridgehead atoms. The summed E-state index contributed by atoms with van der Waals surface area (Å²) in [6.07, 6.45) is 0.177. The van der Waals surface area contributed by atoms with Crippen LogP contribution in [0, 0.1) is 0 Å². The van der Waals surface area contributed by atoms with E-state index in [1.54, 1.807) is 20.8 Å². The van der Waals surface area contributed by atoms with E-state index in [0.29, 0.717) is 23.9 Å². The normalized spacial score (nSPS) is 15.8. The fraction of sp³-hybridized carbons (Fsp3) is 0.483. The highest BCUT2D eigenvalue weighted by Crippen LogP contribution is 2.28. The molecule has 0 saturated heterocycles. The number of alkyl carbamates (subject to hydrolysis) is 1. The Hall–Kier alpha value is -3.72. The molecule has 0 spiro atoms. The number of carbonyl (C=O) groups is 2. The van der Waals surface area contributed by atoms with E-state index < -0.39 is 46.5 Å². The lowest BCUT2D eigenvalue weighted by molar-refractivity contribution is -0.145. The summed E-state index contributed by atoms with van der Waals surface area (Å²) < 4.78 is 38.8. The number of amides is 2. The molecule has 4 rings (SSSR count). The first-order valence-corrected chi connectivity index (χ1v) is 15.5. The Morgan fingerprint density at radius 1 is 1.12 bits per heavy atom. The number of aliphatic hydroxyl groups is 1. The van der Waals surface area contributed by atoms with Crippen LogP contribution in [0.3, 0.4) is 0 Å². The van der Waals surface area contributed by atoms with E-state index in [1.165, 1.54) is 25.3 Å². The Labute approximate surface area is 250 Å². The molecule has 2 amide bonds. The molecule has 43 heavy (non-hydrogen) atoms. The summed E-state index contributed by atoms with van der Waals surface area (Å²) in [5.41, 5.74) is 0.820. The van der Waals surface area contributed by atoms with Crippen LogP contribution in [0.15, 0.2) is 53.4 Å². The maximum atomic E-state index is 14.0. The molecule has 2 aromatic carbocycles. The van der Waals surface area contributed by atoms with E-state index in [9.17, 15) is 23.1 Å². The Morgan fingerprint density at radius 3 is 2.47 bits per heavy atom.